The number of carbonyl (C=O) groups is 1. The fraction of sp³-hybridized carbons (Fsp3) is 0.321. The number of aryl methyl sites for hydroxylation is 1. The Morgan fingerprint density at radius 2 is 1.89 bits per heavy atom. The van der Waals surface area contributed by atoms with Gasteiger partial charge in [0.2, 0.25) is 0 Å². The summed E-state index contributed by atoms with van der Waals surface area (Å²) in [7, 11) is 0. The Balaban J connectivity index is 1.87. The van der Waals surface area contributed by atoms with E-state index in [0.29, 0.717) is 31.6 Å². The van der Waals surface area contributed by atoms with Gasteiger partial charge in [0.05, 0.1) is 17.1 Å². The molecule has 0 radical (unpaired) electrons. The van der Waals surface area contributed by atoms with Crippen LogP contribution in [-0.4, -0.2) is 38.4 Å². The molecule has 6 nitrogen and oxygen atoms in total. The monoisotopic (exact) mass is 473 g/mol. The van der Waals surface area contributed by atoms with Gasteiger partial charge in [0.15, 0.2) is 0 Å². The molecule has 1 atom stereocenters. The second-order valence-corrected chi connectivity index (χ2v) is 9.24. The number of aromatic nitrogens is 3. The molecule has 4 aromatic rings. The summed E-state index contributed by atoms with van der Waals surface area (Å²) in [5, 5.41) is 0. The molecule has 2 aromatic heterocycles. The molecule has 7 heteroatoms. The standard InChI is InChI=1S/C28H32FN5O/c1-19(2)26(33(15-5-12-30)28(35)22-10-13-31-14-11-22)27-32-24-16-20(3)8-9-25(24)34(27)18-21-6-4-7-23(29)17-21/h4,6-11,13-14,16-17,19,26H,5,12,15,18,30H2,1-3H3. The van der Waals surface area contributed by atoms with Crippen molar-refractivity contribution in [3.05, 3.63) is 95.3 Å². The van der Waals surface area contributed by atoms with Crippen LogP contribution in [0.5, 0.6) is 0 Å². The van der Waals surface area contributed by atoms with Gasteiger partial charge in [-0.3, -0.25) is 9.78 Å². The molecule has 0 bridgehead atoms. The Bertz CT molecular complexity index is 1300. The van der Waals surface area contributed by atoms with Gasteiger partial charge in [-0.2, -0.15) is 0 Å². The van der Waals surface area contributed by atoms with Gasteiger partial charge in [-0.25, -0.2) is 9.37 Å². The van der Waals surface area contributed by atoms with Crippen LogP contribution in [0.4, 0.5) is 4.39 Å². The van der Waals surface area contributed by atoms with Gasteiger partial charge in [-0.15, -0.1) is 0 Å². The highest BCUT2D eigenvalue weighted by Gasteiger charge is 2.32. The lowest BCUT2D eigenvalue weighted by molar-refractivity contribution is 0.0605. The number of carbonyl (C=O) groups excluding carboxylic acids is 1. The zero-order valence-electron chi connectivity index (χ0n) is 20.5. The zero-order valence-corrected chi connectivity index (χ0v) is 20.5. The molecule has 0 aliphatic heterocycles. The first-order valence-corrected chi connectivity index (χ1v) is 12.0. The number of nitrogens with zero attached hydrogens (tertiary/aromatic N) is 4. The molecule has 0 spiro atoms. The summed E-state index contributed by atoms with van der Waals surface area (Å²) in [5.74, 6) is 0.495. The van der Waals surface area contributed by atoms with E-state index >= 15 is 0 Å². The SMILES string of the molecule is Cc1ccc2c(c1)nc(C(C(C)C)N(CCCN)C(=O)c1ccncc1)n2Cc1cccc(F)c1. The summed E-state index contributed by atoms with van der Waals surface area (Å²) in [6, 6.07) is 15.9. The molecule has 4 rings (SSSR count). The molecule has 2 heterocycles. The quantitative estimate of drug-likeness (QED) is 0.366. The molecular formula is C28H32FN5O. The normalized spacial score (nSPS) is 12.3. The summed E-state index contributed by atoms with van der Waals surface area (Å²) in [6.07, 6.45) is 3.92. The molecule has 0 aliphatic carbocycles. The third kappa shape index (κ3) is 5.41. The van der Waals surface area contributed by atoms with Crippen LogP contribution in [0.15, 0.2) is 67.0 Å². The predicted molar refractivity (Wildman–Crippen MR) is 136 cm³/mol. The van der Waals surface area contributed by atoms with Gasteiger partial charge in [-0.05, 0) is 73.3 Å². The van der Waals surface area contributed by atoms with E-state index in [9.17, 15) is 9.18 Å². The van der Waals surface area contributed by atoms with Crippen LogP contribution >= 0.6 is 0 Å². The molecule has 2 N–H and O–H groups in total. The van der Waals surface area contributed by atoms with Crippen LogP contribution in [0.25, 0.3) is 11.0 Å². The molecule has 2 aromatic carbocycles. The molecule has 0 fully saturated rings. The number of imidazole rings is 1. The van der Waals surface area contributed by atoms with Crippen molar-refractivity contribution in [2.75, 3.05) is 13.1 Å². The first kappa shape index (κ1) is 24.5. The van der Waals surface area contributed by atoms with Gasteiger partial charge in [-0.1, -0.05) is 32.0 Å². The first-order chi connectivity index (χ1) is 16.9. The van der Waals surface area contributed by atoms with Gasteiger partial charge in [0.25, 0.3) is 5.91 Å². The van der Waals surface area contributed by atoms with E-state index < -0.39 is 0 Å². The van der Waals surface area contributed by atoms with E-state index in [2.05, 4.69) is 29.5 Å². The Labute approximate surface area is 205 Å². The van der Waals surface area contributed by atoms with Crippen molar-refractivity contribution in [2.24, 2.45) is 11.7 Å². The van der Waals surface area contributed by atoms with Gasteiger partial charge >= 0.3 is 0 Å². The van der Waals surface area contributed by atoms with Crippen LogP contribution in [0.1, 0.15) is 53.6 Å². The minimum Gasteiger partial charge on any atom is -0.330 e. The molecule has 0 saturated carbocycles. The van der Waals surface area contributed by atoms with Crippen molar-refractivity contribution in [3.8, 4) is 0 Å². The summed E-state index contributed by atoms with van der Waals surface area (Å²) >= 11 is 0. The van der Waals surface area contributed by atoms with Crippen LogP contribution in [0.3, 0.4) is 0 Å². The number of benzene rings is 2. The van der Waals surface area contributed by atoms with Gasteiger partial charge in [0.1, 0.15) is 11.6 Å². The maximum Gasteiger partial charge on any atom is 0.254 e. The fourth-order valence-electron chi connectivity index (χ4n) is 4.55. The van der Waals surface area contributed by atoms with Crippen molar-refractivity contribution in [1.82, 2.24) is 19.4 Å². The Kier molecular flexibility index (Phi) is 7.56. The van der Waals surface area contributed by atoms with E-state index in [1.54, 1.807) is 36.7 Å². The third-order valence-electron chi connectivity index (χ3n) is 6.19. The lowest BCUT2D eigenvalue weighted by Crippen LogP contribution is -2.40. The second-order valence-electron chi connectivity index (χ2n) is 9.24. The third-order valence-corrected chi connectivity index (χ3v) is 6.19. The van der Waals surface area contributed by atoms with Crippen LogP contribution < -0.4 is 5.73 Å². The van der Waals surface area contributed by atoms with Gasteiger partial charge < -0.3 is 15.2 Å². The van der Waals surface area contributed by atoms with Crippen LogP contribution in [0, 0.1) is 18.7 Å². The van der Waals surface area contributed by atoms with Crippen LogP contribution in [-0.2, 0) is 6.54 Å². The summed E-state index contributed by atoms with van der Waals surface area (Å²) in [6.45, 7) is 7.65. The number of fused-ring (bicyclic) bond motifs is 1. The van der Waals surface area contributed by atoms with E-state index in [1.807, 2.05) is 30.0 Å². The maximum absolute atomic E-state index is 14.0. The van der Waals surface area contributed by atoms with Crippen molar-refractivity contribution < 1.29 is 9.18 Å². The second kappa shape index (κ2) is 10.8. The Hall–Kier alpha value is -3.58. The number of amides is 1. The number of halogens is 1. The summed E-state index contributed by atoms with van der Waals surface area (Å²) < 4.78 is 16.1. The molecular weight excluding hydrogens is 441 g/mol. The molecule has 35 heavy (non-hydrogen) atoms. The van der Waals surface area contributed by atoms with Crippen molar-refractivity contribution in [2.45, 2.75) is 39.8 Å². The highest BCUT2D eigenvalue weighted by Crippen LogP contribution is 2.33. The molecule has 182 valence electrons. The Morgan fingerprint density at radius 1 is 1.11 bits per heavy atom. The highest BCUT2D eigenvalue weighted by atomic mass is 19.1. The van der Waals surface area contributed by atoms with E-state index in [1.165, 1.54) is 6.07 Å². The minimum atomic E-state index is -0.302. The van der Waals surface area contributed by atoms with Gasteiger partial charge in [0, 0.05) is 31.0 Å². The summed E-state index contributed by atoms with van der Waals surface area (Å²) in [4.78, 5) is 24.7. The molecule has 0 saturated heterocycles. The number of nitrogens with two attached hydrogens (primary N) is 1. The maximum atomic E-state index is 14.0. The first-order valence-electron chi connectivity index (χ1n) is 12.0. The van der Waals surface area contributed by atoms with Crippen LogP contribution in [0.2, 0.25) is 0 Å². The lowest BCUT2D eigenvalue weighted by Gasteiger charge is -2.34. The minimum absolute atomic E-state index is 0.0720. The topological polar surface area (TPSA) is 77.0 Å². The average molecular weight is 474 g/mol. The summed E-state index contributed by atoms with van der Waals surface area (Å²) in [5.41, 5.74) is 10.2. The zero-order chi connectivity index (χ0) is 24.9. The van der Waals surface area contributed by atoms with E-state index in [-0.39, 0.29) is 23.7 Å². The smallest absolute Gasteiger partial charge is 0.254 e. The average Bonchev–Trinajstić information content (AvgIpc) is 3.18. The number of pyridine rings is 1. The number of hydrogen-bond donors (Lipinski definition) is 1. The highest BCUT2D eigenvalue weighted by molar-refractivity contribution is 5.94. The molecule has 1 amide bonds. The van der Waals surface area contributed by atoms with Crippen molar-refractivity contribution >= 4 is 16.9 Å². The van der Waals surface area contributed by atoms with Crippen molar-refractivity contribution in [3.63, 3.8) is 0 Å². The largest absolute Gasteiger partial charge is 0.330 e. The molecule has 1 unspecified atom stereocenters. The van der Waals surface area contributed by atoms with E-state index in [0.717, 1.165) is 28.0 Å². The fourth-order valence-corrected chi connectivity index (χ4v) is 4.55. The Morgan fingerprint density at radius 3 is 2.57 bits per heavy atom. The predicted octanol–water partition coefficient (Wildman–Crippen LogP) is 5.12. The number of rotatable bonds is 9. The van der Waals surface area contributed by atoms with Crippen molar-refractivity contribution in [1.29, 1.82) is 0 Å². The lowest BCUT2D eigenvalue weighted by atomic mass is 9.99. The van der Waals surface area contributed by atoms with E-state index in [4.69, 9.17) is 10.7 Å². The number of hydrogen-bond acceptors (Lipinski definition) is 4. The molecule has 0 aliphatic rings.